The first-order valence-corrected chi connectivity index (χ1v) is 6.50. The van der Waals surface area contributed by atoms with Gasteiger partial charge in [-0.25, -0.2) is 4.79 Å². The molecular weight excluding hydrogens is 260 g/mol. The number of aromatic carboxylic acids is 1. The Morgan fingerprint density at radius 1 is 1.25 bits per heavy atom. The number of nitrogens with zero attached hydrogens (tertiary/aromatic N) is 2. The van der Waals surface area contributed by atoms with Crippen molar-refractivity contribution in [2.45, 2.75) is 18.8 Å². The Hall–Kier alpha value is -2.21. The van der Waals surface area contributed by atoms with E-state index in [9.17, 15) is 9.90 Å². The van der Waals surface area contributed by atoms with Crippen LogP contribution in [0.15, 0.2) is 28.8 Å². The van der Waals surface area contributed by atoms with Gasteiger partial charge < -0.3 is 14.4 Å². The molecule has 1 aliphatic rings. The van der Waals surface area contributed by atoms with Crippen LogP contribution in [-0.4, -0.2) is 34.4 Å². The minimum absolute atomic E-state index is 0.162. The number of carboxylic acid groups (broad SMARTS) is 1. The van der Waals surface area contributed by atoms with Crippen molar-refractivity contribution in [2.24, 2.45) is 0 Å². The number of ether oxygens (including phenoxy) is 1. The SMILES string of the molecule is O=C(O)c1ccccc1-c1nc(C2CCOCC2)no1. The molecule has 2 aromatic rings. The van der Waals surface area contributed by atoms with Crippen molar-refractivity contribution in [2.75, 3.05) is 13.2 Å². The fourth-order valence-corrected chi connectivity index (χ4v) is 2.32. The molecule has 2 heterocycles. The first-order chi connectivity index (χ1) is 9.75. The Kier molecular flexibility index (Phi) is 3.47. The molecular formula is C14H14N2O4. The smallest absolute Gasteiger partial charge is 0.336 e. The maximum absolute atomic E-state index is 11.2. The lowest BCUT2D eigenvalue weighted by molar-refractivity contribution is 0.0697. The van der Waals surface area contributed by atoms with E-state index in [-0.39, 0.29) is 17.4 Å². The van der Waals surface area contributed by atoms with Crippen molar-refractivity contribution >= 4 is 5.97 Å². The summed E-state index contributed by atoms with van der Waals surface area (Å²) in [5.74, 6) is 0.0950. The highest BCUT2D eigenvalue weighted by Crippen LogP contribution is 2.28. The Morgan fingerprint density at radius 3 is 2.75 bits per heavy atom. The number of benzene rings is 1. The molecule has 1 fully saturated rings. The monoisotopic (exact) mass is 274 g/mol. The summed E-state index contributed by atoms with van der Waals surface area (Å²) >= 11 is 0. The molecule has 0 radical (unpaired) electrons. The lowest BCUT2D eigenvalue weighted by Crippen LogP contribution is -2.15. The van der Waals surface area contributed by atoms with E-state index in [1.54, 1.807) is 18.2 Å². The molecule has 0 unspecified atom stereocenters. The van der Waals surface area contributed by atoms with Crippen molar-refractivity contribution in [3.63, 3.8) is 0 Å². The first kappa shape index (κ1) is 12.8. The predicted molar refractivity (Wildman–Crippen MR) is 69.5 cm³/mol. The predicted octanol–water partition coefficient (Wildman–Crippen LogP) is 2.33. The van der Waals surface area contributed by atoms with Crippen LogP contribution in [0.2, 0.25) is 0 Å². The number of carbonyl (C=O) groups is 1. The minimum Gasteiger partial charge on any atom is -0.478 e. The average molecular weight is 274 g/mol. The molecule has 0 atom stereocenters. The quantitative estimate of drug-likeness (QED) is 0.924. The highest BCUT2D eigenvalue weighted by molar-refractivity contribution is 5.94. The molecule has 6 heteroatoms. The number of hydrogen-bond donors (Lipinski definition) is 1. The third-order valence-electron chi connectivity index (χ3n) is 3.42. The fraction of sp³-hybridized carbons (Fsp3) is 0.357. The molecule has 1 aliphatic heterocycles. The zero-order valence-corrected chi connectivity index (χ0v) is 10.8. The molecule has 0 spiro atoms. The second-order valence-electron chi connectivity index (χ2n) is 4.70. The van der Waals surface area contributed by atoms with Crippen LogP contribution < -0.4 is 0 Å². The summed E-state index contributed by atoms with van der Waals surface area (Å²) < 4.78 is 10.5. The fourth-order valence-electron chi connectivity index (χ4n) is 2.32. The molecule has 0 saturated carbocycles. The van der Waals surface area contributed by atoms with Gasteiger partial charge in [0.1, 0.15) is 0 Å². The van der Waals surface area contributed by atoms with Gasteiger partial charge in [0, 0.05) is 19.1 Å². The normalized spacial score (nSPS) is 16.2. The highest BCUT2D eigenvalue weighted by Gasteiger charge is 2.23. The van der Waals surface area contributed by atoms with Gasteiger partial charge in [-0.15, -0.1) is 0 Å². The largest absolute Gasteiger partial charge is 0.478 e. The Morgan fingerprint density at radius 2 is 2.00 bits per heavy atom. The molecule has 20 heavy (non-hydrogen) atoms. The van der Waals surface area contributed by atoms with Crippen LogP contribution in [-0.2, 0) is 4.74 Å². The summed E-state index contributed by atoms with van der Waals surface area (Å²) in [5, 5.41) is 13.2. The molecule has 0 aliphatic carbocycles. The molecule has 1 aromatic heterocycles. The molecule has 104 valence electrons. The molecule has 6 nitrogen and oxygen atoms in total. The molecule has 0 bridgehead atoms. The number of hydrogen-bond acceptors (Lipinski definition) is 5. The van der Waals surface area contributed by atoms with E-state index in [0.717, 1.165) is 12.8 Å². The maximum atomic E-state index is 11.2. The van der Waals surface area contributed by atoms with Gasteiger partial charge in [-0.2, -0.15) is 4.98 Å². The number of rotatable bonds is 3. The Bertz CT molecular complexity index is 617. The number of aromatic nitrogens is 2. The van der Waals surface area contributed by atoms with Gasteiger partial charge in [0.2, 0.25) is 0 Å². The van der Waals surface area contributed by atoms with Gasteiger partial charge in [-0.1, -0.05) is 17.3 Å². The van der Waals surface area contributed by atoms with Crippen molar-refractivity contribution < 1.29 is 19.2 Å². The standard InChI is InChI=1S/C14H14N2O4/c17-14(18)11-4-2-1-3-10(11)13-15-12(16-20-13)9-5-7-19-8-6-9/h1-4,9H,5-8H2,(H,17,18). The highest BCUT2D eigenvalue weighted by atomic mass is 16.5. The minimum atomic E-state index is -1.01. The van der Waals surface area contributed by atoms with Gasteiger partial charge in [-0.3, -0.25) is 0 Å². The molecule has 1 N–H and O–H groups in total. The molecule has 1 saturated heterocycles. The Balaban J connectivity index is 1.92. The summed E-state index contributed by atoms with van der Waals surface area (Å²) in [6.45, 7) is 1.39. The first-order valence-electron chi connectivity index (χ1n) is 6.50. The summed E-state index contributed by atoms with van der Waals surface area (Å²) in [6, 6.07) is 6.61. The van der Waals surface area contributed by atoms with E-state index < -0.39 is 5.97 Å². The van der Waals surface area contributed by atoms with E-state index in [0.29, 0.717) is 24.6 Å². The van der Waals surface area contributed by atoms with Gasteiger partial charge in [0.25, 0.3) is 5.89 Å². The topological polar surface area (TPSA) is 85.5 Å². The second kappa shape index (κ2) is 5.42. The van der Waals surface area contributed by atoms with Crippen molar-refractivity contribution in [3.05, 3.63) is 35.7 Å². The van der Waals surface area contributed by atoms with E-state index in [2.05, 4.69) is 10.1 Å². The van der Waals surface area contributed by atoms with Crippen LogP contribution >= 0.6 is 0 Å². The zero-order valence-electron chi connectivity index (χ0n) is 10.8. The van der Waals surface area contributed by atoms with Crippen LogP contribution in [0.5, 0.6) is 0 Å². The van der Waals surface area contributed by atoms with Crippen molar-refractivity contribution in [1.82, 2.24) is 10.1 Å². The summed E-state index contributed by atoms with van der Waals surface area (Å²) in [5.41, 5.74) is 0.612. The molecule has 0 amide bonds. The maximum Gasteiger partial charge on any atom is 0.336 e. The van der Waals surface area contributed by atoms with Crippen LogP contribution in [0.4, 0.5) is 0 Å². The van der Waals surface area contributed by atoms with Crippen LogP contribution in [0.1, 0.15) is 34.9 Å². The molecule has 3 rings (SSSR count). The second-order valence-corrected chi connectivity index (χ2v) is 4.70. The Labute approximate surface area is 115 Å². The van der Waals surface area contributed by atoms with Crippen LogP contribution in [0, 0.1) is 0 Å². The van der Waals surface area contributed by atoms with Gasteiger partial charge in [-0.05, 0) is 25.0 Å². The average Bonchev–Trinajstić information content (AvgIpc) is 2.98. The van der Waals surface area contributed by atoms with Crippen LogP contribution in [0.25, 0.3) is 11.5 Å². The lowest BCUT2D eigenvalue weighted by Gasteiger charge is -2.18. The zero-order chi connectivity index (χ0) is 13.9. The third kappa shape index (κ3) is 2.42. The van der Waals surface area contributed by atoms with Gasteiger partial charge >= 0.3 is 5.97 Å². The van der Waals surface area contributed by atoms with Crippen molar-refractivity contribution in [3.8, 4) is 11.5 Å². The third-order valence-corrected chi connectivity index (χ3v) is 3.42. The summed E-state index contributed by atoms with van der Waals surface area (Å²) in [6.07, 6.45) is 1.72. The van der Waals surface area contributed by atoms with E-state index in [1.165, 1.54) is 6.07 Å². The van der Waals surface area contributed by atoms with E-state index in [1.807, 2.05) is 0 Å². The van der Waals surface area contributed by atoms with E-state index in [4.69, 9.17) is 9.26 Å². The van der Waals surface area contributed by atoms with E-state index >= 15 is 0 Å². The van der Waals surface area contributed by atoms with Crippen LogP contribution in [0.3, 0.4) is 0 Å². The number of carboxylic acids is 1. The van der Waals surface area contributed by atoms with Gasteiger partial charge in [0.15, 0.2) is 5.82 Å². The van der Waals surface area contributed by atoms with Crippen molar-refractivity contribution in [1.29, 1.82) is 0 Å². The lowest BCUT2D eigenvalue weighted by atomic mass is 10.00. The summed E-state index contributed by atoms with van der Waals surface area (Å²) in [7, 11) is 0. The van der Waals surface area contributed by atoms with Gasteiger partial charge in [0.05, 0.1) is 11.1 Å². The molecule has 1 aromatic carbocycles. The summed E-state index contributed by atoms with van der Waals surface area (Å²) in [4.78, 5) is 15.5.